The Kier molecular flexibility index (Phi) is 7.54. The summed E-state index contributed by atoms with van der Waals surface area (Å²) in [6.45, 7) is 5.79. The third-order valence-corrected chi connectivity index (χ3v) is 1.93. The van der Waals surface area contributed by atoms with Crippen molar-refractivity contribution in [2.75, 3.05) is 12.5 Å². The Morgan fingerprint density at radius 2 is 2.07 bits per heavy atom. The number of carbonyl (C=O) groups is 1. The molecule has 0 aromatic heterocycles. The van der Waals surface area contributed by atoms with Crippen LogP contribution in [0.4, 0.5) is 0 Å². The van der Waals surface area contributed by atoms with Gasteiger partial charge in [0.25, 0.3) is 0 Å². The van der Waals surface area contributed by atoms with Crippen LogP contribution < -0.4 is 0 Å². The number of carbonyl (C=O) groups excluding carboxylic acids is 1. The first-order chi connectivity index (χ1) is 6.97. The topological polar surface area (TPSA) is 75.7 Å². The van der Waals surface area contributed by atoms with Crippen molar-refractivity contribution < 1.29 is 23.0 Å². The van der Waals surface area contributed by atoms with Crippen molar-refractivity contribution in [3.8, 4) is 0 Å². The van der Waals surface area contributed by atoms with E-state index in [0.29, 0.717) is 6.42 Å². The van der Waals surface area contributed by atoms with Gasteiger partial charge in [0.1, 0.15) is 5.94 Å². The Balaban J connectivity index is 4.16. The first kappa shape index (κ1) is 14.5. The summed E-state index contributed by atoms with van der Waals surface area (Å²) in [7, 11) is 0. The second-order valence-corrected chi connectivity index (χ2v) is 4.30. The normalized spacial score (nSPS) is 15.0. The highest BCUT2D eigenvalue weighted by Gasteiger charge is 2.21. The summed E-state index contributed by atoms with van der Waals surface area (Å²) in [6, 6.07) is 0. The van der Waals surface area contributed by atoms with Crippen LogP contribution in [-0.4, -0.2) is 33.4 Å². The highest BCUT2D eigenvalue weighted by Crippen LogP contribution is 2.10. The molecule has 0 aliphatic heterocycles. The molecule has 15 heavy (non-hydrogen) atoms. The Morgan fingerprint density at radius 1 is 1.47 bits per heavy atom. The highest BCUT2D eigenvalue weighted by molar-refractivity contribution is 7.78. The molecule has 0 radical (unpaired) electrons. The Morgan fingerprint density at radius 3 is 2.47 bits per heavy atom. The molecule has 0 saturated heterocycles. The van der Waals surface area contributed by atoms with Gasteiger partial charge in [0.2, 0.25) is 0 Å². The van der Waals surface area contributed by atoms with E-state index >= 15 is 0 Å². The molecule has 5 nitrogen and oxygen atoms in total. The zero-order valence-electron chi connectivity index (χ0n) is 9.23. The molecule has 90 valence electrons. The van der Waals surface area contributed by atoms with Gasteiger partial charge in [-0.1, -0.05) is 13.8 Å². The molecule has 0 aliphatic rings. The molecule has 0 saturated carbocycles. The van der Waals surface area contributed by atoms with Crippen molar-refractivity contribution in [2.24, 2.45) is 5.92 Å². The largest absolute Gasteiger partial charge is 0.771 e. The number of hydrogen-bond acceptors (Lipinski definition) is 5. The van der Waals surface area contributed by atoms with Crippen LogP contribution in [0.1, 0.15) is 27.2 Å². The van der Waals surface area contributed by atoms with Crippen LogP contribution in [0.15, 0.2) is 0 Å². The van der Waals surface area contributed by atoms with Gasteiger partial charge in [-0.25, -0.2) is 4.79 Å². The molecule has 0 aromatic carbocycles. The lowest BCUT2D eigenvalue weighted by Gasteiger charge is -2.18. The van der Waals surface area contributed by atoms with Crippen molar-refractivity contribution in [3.05, 3.63) is 0 Å². The molecule has 2 atom stereocenters. The highest BCUT2D eigenvalue weighted by atomic mass is 32.2. The zero-order chi connectivity index (χ0) is 11.8. The fraction of sp³-hybridized carbons (Fsp3) is 0.889. The minimum atomic E-state index is -2.30. The first-order valence-electron chi connectivity index (χ1n) is 4.81. The molecule has 0 N–H and O–H groups in total. The summed E-state index contributed by atoms with van der Waals surface area (Å²) in [5.41, 5.74) is 0. The molecular weight excluding hydrogens is 220 g/mol. The first-order valence-corrected chi connectivity index (χ1v) is 6.05. The van der Waals surface area contributed by atoms with Crippen LogP contribution >= 0.6 is 0 Å². The molecule has 6 heteroatoms. The van der Waals surface area contributed by atoms with Crippen molar-refractivity contribution in [2.45, 2.75) is 33.3 Å². The maximum Gasteiger partial charge on any atom is 0.335 e. The van der Waals surface area contributed by atoms with E-state index in [2.05, 4.69) is 0 Å². The molecule has 0 heterocycles. The van der Waals surface area contributed by atoms with Crippen molar-refractivity contribution in [1.29, 1.82) is 0 Å². The van der Waals surface area contributed by atoms with Gasteiger partial charge in [-0.05, 0) is 30.3 Å². The molecule has 0 rings (SSSR count). The van der Waals surface area contributed by atoms with Gasteiger partial charge in [-0.3, -0.25) is 4.21 Å². The molecule has 0 amide bonds. The molecule has 0 fully saturated rings. The number of esters is 1. The van der Waals surface area contributed by atoms with Gasteiger partial charge in [-0.2, -0.15) is 0 Å². The summed E-state index contributed by atoms with van der Waals surface area (Å²) < 4.78 is 30.3. The average Bonchev–Trinajstić information content (AvgIpc) is 2.11. The number of ether oxygens (including phenoxy) is 2. The Labute approximate surface area is 92.4 Å². The second-order valence-electron chi connectivity index (χ2n) is 3.46. The van der Waals surface area contributed by atoms with E-state index in [-0.39, 0.29) is 12.5 Å². The minimum Gasteiger partial charge on any atom is -0.771 e. The van der Waals surface area contributed by atoms with Gasteiger partial charge < -0.3 is 14.0 Å². The number of hydrogen-bond donors (Lipinski definition) is 0. The summed E-state index contributed by atoms with van der Waals surface area (Å²) in [5.74, 6) is -0.743. The average molecular weight is 237 g/mol. The fourth-order valence-corrected chi connectivity index (χ4v) is 1.31. The van der Waals surface area contributed by atoms with Gasteiger partial charge >= 0.3 is 5.97 Å². The maximum absolute atomic E-state index is 11.3. The standard InChI is InChI=1S/C9H18O5S/c1-4-13-9(10)8(5-7(2)3)14-6-15(11)12/h7-8H,4-6H2,1-3H3,(H,11,12)/p-1. The Bertz CT molecular complexity index is 217. The predicted octanol–water partition coefficient (Wildman–Crippen LogP) is 0.817. The third-order valence-electron chi connectivity index (χ3n) is 1.60. The van der Waals surface area contributed by atoms with Crippen molar-refractivity contribution >= 4 is 17.0 Å². The van der Waals surface area contributed by atoms with E-state index in [1.54, 1.807) is 6.92 Å². The van der Waals surface area contributed by atoms with E-state index in [4.69, 9.17) is 9.47 Å². The van der Waals surface area contributed by atoms with Crippen LogP contribution in [0.25, 0.3) is 0 Å². The van der Waals surface area contributed by atoms with Gasteiger partial charge in [0.05, 0.1) is 6.61 Å². The van der Waals surface area contributed by atoms with Crippen LogP contribution in [0.2, 0.25) is 0 Å². The predicted molar refractivity (Wildman–Crippen MR) is 54.7 cm³/mol. The molecule has 0 bridgehead atoms. The van der Waals surface area contributed by atoms with Crippen molar-refractivity contribution in [3.63, 3.8) is 0 Å². The zero-order valence-corrected chi connectivity index (χ0v) is 10.0. The van der Waals surface area contributed by atoms with Gasteiger partial charge in [0, 0.05) is 0 Å². The summed E-state index contributed by atoms with van der Waals surface area (Å²) >= 11 is -2.30. The van der Waals surface area contributed by atoms with Gasteiger partial charge in [-0.15, -0.1) is 0 Å². The fourth-order valence-electron chi connectivity index (χ4n) is 1.03. The molecule has 0 aromatic rings. The second kappa shape index (κ2) is 7.78. The van der Waals surface area contributed by atoms with Crippen LogP contribution in [0.3, 0.4) is 0 Å². The SMILES string of the molecule is CCOC(=O)C(CC(C)C)OCS(=O)[O-]. The van der Waals surface area contributed by atoms with Crippen LogP contribution in [-0.2, 0) is 25.3 Å². The van der Waals surface area contributed by atoms with E-state index in [9.17, 15) is 13.6 Å². The minimum absolute atomic E-state index is 0.236. The lowest BCUT2D eigenvalue weighted by molar-refractivity contribution is -0.156. The molecule has 2 unspecified atom stereocenters. The molecular formula is C9H17O5S-. The quantitative estimate of drug-likeness (QED) is 0.484. The number of rotatable bonds is 7. The molecule has 0 spiro atoms. The van der Waals surface area contributed by atoms with E-state index in [1.807, 2.05) is 13.8 Å². The summed E-state index contributed by atoms with van der Waals surface area (Å²) in [4.78, 5) is 11.3. The summed E-state index contributed by atoms with van der Waals surface area (Å²) in [6.07, 6.45) is -0.335. The summed E-state index contributed by atoms with van der Waals surface area (Å²) in [5, 5.41) is 0. The maximum atomic E-state index is 11.3. The monoisotopic (exact) mass is 237 g/mol. The van der Waals surface area contributed by atoms with E-state index < -0.39 is 29.1 Å². The Hall–Kier alpha value is -0.460. The smallest absolute Gasteiger partial charge is 0.335 e. The van der Waals surface area contributed by atoms with E-state index in [1.165, 1.54) is 0 Å². The third kappa shape index (κ3) is 7.47. The molecule has 0 aliphatic carbocycles. The lowest BCUT2D eigenvalue weighted by atomic mass is 10.1. The van der Waals surface area contributed by atoms with Gasteiger partial charge in [0.15, 0.2) is 6.10 Å². The van der Waals surface area contributed by atoms with E-state index in [0.717, 1.165) is 0 Å². The van der Waals surface area contributed by atoms with Crippen molar-refractivity contribution in [1.82, 2.24) is 0 Å². The van der Waals surface area contributed by atoms with Crippen LogP contribution in [0, 0.1) is 5.92 Å². The van der Waals surface area contributed by atoms with Crippen LogP contribution in [0.5, 0.6) is 0 Å². The lowest BCUT2D eigenvalue weighted by Crippen LogP contribution is -2.29.